The van der Waals surface area contributed by atoms with Crippen LogP contribution in [-0.2, 0) is 0 Å². The molecular weight excluding hydrogens is 196 g/mol. The van der Waals surface area contributed by atoms with Crippen molar-refractivity contribution in [1.29, 1.82) is 0 Å². The number of hydrogen-bond donors (Lipinski definition) is 2. The Morgan fingerprint density at radius 2 is 2.36 bits per heavy atom. The molecule has 0 aliphatic carbocycles. The SMILES string of the molecule is CC(CN1CCC(O)C(C)C1)C(N)=S. The zero-order chi connectivity index (χ0) is 10.7. The van der Waals surface area contributed by atoms with E-state index in [2.05, 4.69) is 18.7 Å². The molecule has 14 heavy (non-hydrogen) atoms. The van der Waals surface area contributed by atoms with Crippen LogP contribution in [0, 0.1) is 11.8 Å². The minimum absolute atomic E-state index is 0.133. The Morgan fingerprint density at radius 3 is 2.86 bits per heavy atom. The Hall–Kier alpha value is -0.190. The Labute approximate surface area is 91.3 Å². The minimum Gasteiger partial charge on any atom is -0.393 e. The molecule has 0 aromatic rings. The molecule has 4 heteroatoms. The predicted octanol–water partition coefficient (Wildman–Crippen LogP) is 0.611. The fourth-order valence-corrected chi connectivity index (χ4v) is 1.94. The third-order valence-electron chi connectivity index (χ3n) is 2.96. The van der Waals surface area contributed by atoms with Crippen LogP contribution in [0.15, 0.2) is 0 Å². The molecule has 1 heterocycles. The van der Waals surface area contributed by atoms with Crippen LogP contribution in [0.5, 0.6) is 0 Å². The molecular formula is C10H20N2OS. The highest BCUT2D eigenvalue weighted by Crippen LogP contribution is 2.17. The first kappa shape index (κ1) is 11.9. The molecule has 0 amide bonds. The monoisotopic (exact) mass is 216 g/mol. The number of aliphatic hydroxyl groups excluding tert-OH is 1. The molecule has 3 atom stereocenters. The molecule has 82 valence electrons. The van der Waals surface area contributed by atoms with Gasteiger partial charge in [0.25, 0.3) is 0 Å². The van der Waals surface area contributed by atoms with Gasteiger partial charge in [0.15, 0.2) is 0 Å². The van der Waals surface area contributed by atoms with Gasteiger partial charge >= 0.3 is 0 Å². The molecule has 1 fully saturated rings. The molecule has 1 aliphatic rings. The average molecular weight is 216 g/mol. The van der Waals surface area contributed by atoms with Gasteiger partial charge in [0.1, 0.15) is 0 Å². The second kappa shape index (κ2) is 5.05. The molecule has 1 saturated heterocycles. The van der Waals surface area contributed by atoms with E-state index >= 15 is 0 Å². The van der Waals surface area contributed by atoms with E-state index < -0.39 is 0 Å². The van der Waals surface area contributed by atoms with Crippen molar-refractivity contribution in [2.75, 3.05) is 19.6 Å². The van der Waals surface area contributed by atoms with Crippen LogP contribution < -0.4 is 5.73 Å². The van der Waals surface area contributed by atoms with Crippen LogP contribution >= 0.6 is 12.2 Å². The molecule has 3 N–H and O–H groups in total. The molecule has 0 spiro atoms. The maximum Gasteiger partial charge on any atom is 0.0768 e. The Bertz CT molecular complexity index is 210. The van der Waals surface area contributed by atoms with Crippen molar-refractivity contribution in [3.8, 4) is 0 Å². The van der Waals surface area contributed by atoms with Crippen LogP contribution in [0.1, 0.15) is 20.3 Å². The van der Waals surface area contributed by atoms with E-state index in [4.69, 9.17) is 18.0 Å². The summed E-state index contributed by atoms with van der Waals surface area (Å²) >= 11 is 4.94. The summed E-state index contributed by atoms with van der Waals surface area (Å²) in [7, 11) is 0. The molecule has 3 nitrogen and oxygen atoms in total. The van der Waals surface area contributed by atoms with Crippen molar-refractivity contribution in [3.05, 3.63) is 0 Å². The van der Waals surface area contributed by atoms with E-state index in [1.54, 1.807) is 0 Å². The first-order valence-corrected chi connectivity index (χ1v) is 5.61. The second-order valence-electron chi connectivity index (χ2n) is 4.40. The van der Waals surface area contributed by atoms with Gasteiger partial charge in [-0.2, -0.15) is 0 Å². The molecule has 0 saturated carbocycles. The lowest BCUT2D eigenvalue weighted by atomic mass is 9.96. The summed E-state index contributed by atoms with van der Waals surface area (Å²) in [6.07, 6.45) is 0.733. The van der Waals surface area contributed by atoms with E-state index in [1.807, 2.05) is 0 Å². The number of piperidine rings is 1. The first-order chi connectivity index (χ1) is 6.50. The van der Waals surface area contributed by atoms with Gasteiger partial charge in [-0.05, 0) is 12.3 Å². The second-order valence-corrected chi connectivity index (χ2v) is 4.87. The van der Waals surface area contributed by atoms with E-state index in [0.29, 0.717) is 10.9 Å². The van der Waals surface area contributed by atoms with Gasteiger partial charge in [-0.15, -0.1) is 0 Å². The molecule has 0 aromatic carbocycles. The zero-order valence-electron chi connectivity index (χ0n) is 8.94. The Kier molecular flexibility index (Phi) is 4.29. The average Bonchev–Trinajstić information content (AvgIpc) is 2.11. The van der Waals surface area contributed by atoms with Crippen molar-refractivity contribution in [2.24, 2.45) is 17.6 Å². The highest BCUT2D eigenvalue weighted by Gasteiger charge is 2.25. The van der Waals surface area contributed by atoms with E-state index in [9.17, 15) is 5.11 Å². The number of nitrogens with zero attached hydrogens (tertiary/aromatic N) is 1. The fourth-order valence-electron chi connectivity index (χ4n) is 1.86. The quantitative estimate of drug-likeness (QED) is 0.679. The lowest BCUT2D eigenvalue weighted by Crippen LogP contribution is -2.44. The predicted molar refractivity (Wildman–Crippen MR) is 62.2 cm³/mol. The summed E-state index contributed by atoms with van der Waals surface area (Å²) in [5.74, 6) is 0.634. The van der Waals surface area contributed by atoms with Crippen LogP contribution in [0.2, 0.25) is 0 Å². The number of likely N-dealkylation sites (tertiary alicyclic amines) is 1. The maximum absolute atomic E-state index is 9.56. The largest absolute Gasteiger partial charge is 0.393 e. The van der Waals surface area contributed by atoms with E-state index in [0.717, 1.165) is 26.1 Å². The smallest absolute Gasteiger partial charge is 0.0768 e. The lowest BCUT2D eigenvalue weighted by molar-refractivity contribution is 0.0329. The van der Waals surface area contributed by atoms with Crippen LogP contribution in [0.3, 0.4) is 0 Å². The summed E-state index contributed by atoms with van der Waals surface area (Å²) in [6.45, 7) is 6.97. The van der Waals surface area contributed by atoms with Gasteiger partial charge < -0.3 is 15.7 Å². The fraction of sp³-hybridized carbons (Fsp3) is 0.900. The van der Waals surface area contributed by atoms with E-state index in [-0.39, 0.29) is 12.0 Å². The third kappa shape index (κ3) is 3.19. The van der Waals surface area contributed by atoms with Crippen molar-refractivity contribution < 1.29 is 5.11 Å². The van der Waals surface area contributed by atoms with Crippen molar-refractivity contribution in [3.63, 3.8) is 0 Å². The Morgan fingerprint density at radius 1 is 1.71 bits per heavy atom. The van der Waals surface area contributed by atoms with Gasteiger partial charge in [0.2, 0.25) is 0 Å². The third-order valence-corrected chi connectivity index (χ3v) is 3.36. The highest BCUT2D eigenvalue weighted by atomic mass is 32.1. The van der Waals surface area contributed by atoms with Crippen molar-refractivity contribution >= 4 is 17.2 Å². The van der Waals surface area contributed by atoms with Crippen LogP contribution in [-0.4, -0.2) is 40.7 Å². The van der Waals surface area contributed by atoms with Gasteiger partial charge in [-0.3, -0.25) is 0 Å². The highest BCUT2D eigenvalue weighted by molar-refractivity contribution is 7.80. The topological polar surface area (TPSA) is 49.5 Å². The van der Waals surface area contributed by atoms with Gasteiger partial charge in [-0.1, -0.05) is 26.1 Å². The van der Waals surface area contributed by atoms with Gasteiger partial charge in [0, 0.05) is 25.6 Å². The van der Waals surface area contributed by atoms with Crippen molar-refractivity contribution in [2.45, 2.75) is 26.4 Å². The lowest BCUT2D eigenvalue weighted by Gasteiger charge is -2.35. The summed E-state index contributed by atoms with van der Waals surface area (Å²) in [6, 6.07) is 0. The standard InChI is InChI=1S/C10H20N2OS/c1-7-5-12(4-3-9(7)13)6-8(2)10(11)14/h7-9,13H,3-6H2,1-2H3,(H2,11,14). The van der Waals surface area contributed by atoms with Crippen LogP contribution in [0.25, 0.3) is 0 Å². The number of nitrogens with two attached hydrogens (primary N) is 1. The van der Waals surface area contributed by atoms with Crippen molar-refractivity contribution in [1.82, 2.24) is 4.90 Å². The summed E-state index contributed by atoms with van der Waals surface area (Å²) in [5.41, 5.74) is 5.57. The zero-order valence-corrected chi connectivity index (χ0v) is 9.76. The molecule has 3 unspecified atom stereocenters. The Balaban J connectivity index is 2.36. The van der Waals surface area contributed by atoms with Gasteiger partial charge in [0.05, 0.1) is 11.1 Å². The molecule has 0 bridgehead atoms. The summed E-state index contributed by atoms with van der Waals surface area (Å²) in [5, 5.41) is 9.56. The van der Waals surface area contributed by atoms with Crippen LogP contribution in [0.4, 0.5) is 0 Å². The molecule has 1 aliphatic heterocycles. The molecule has 1 rings (SSSR count). The number of thiocarbonyl (C=S) groups is 1. The summed E-state index contributed by atoms with van der Waals surface area (Å²) < 4.78 is 0. The maximum atomic E-state index is 9.56. The van der Waals surface area contributed by atoms with E-state index in [1.165, 1.54) is 0 Å². The number of rotatable bonds is 3. The number of aliphatic hydroxyl groups is 1. The van der Waals surface area contributed by atoms with Gasteiger partial charge in [-0.25, -0.2) is 0 Å². The minimum atomic E-state index is -0.133. The normalized spacial score (nSPS) is 31.4. The summed E-state index contributed by atoms with van der Waals surface area (Å²) in [4.78, 5) is 2.92. The number of hydrogen-bond acceptors (Lipinski definition) is 3. The molecule has 0 aromatic heterocycles. The first-order valence-electron chi connectivity index (χ1n) is 5.20. The molecule has 0 radical (unpaired) electrons.